The van der Waals surface area contributed by atoms with Crippen molar-refractivity contribution in [3.8, 4) is 0 Å². The van der Waals surface area contributed by atoms with E-state index in [1.165, 1.54) is 12.1 Å². The minimum Gasteiger partial charge on any atom is -0.445 e. The van der Waals surface area contributed by atoms with Gasteiger partial charge in [-0.15, -0.1) is 0 Å². The third kappa shape index (κ3) is 7.78. The van der Waals surface area contributed by atoms with E-state index in [2.05, 4.69) is 33.2 Å². The first-order valence-corrected chi connectivity index (χ1v) is 12.1. The number of anilines is 1. The van der Waals surface area contributed by atoms with Crippen molar-refractivity contribution in [2.75, 3.05) is 5.32 Å². The van der Waals surface area contributed by atoms with Gasteiger partial charge in [0.2, 0.25) is 5.91 Å². The number of nitrogens with zero attached hydrogens (tertiary/aromatic N) is 1. The van der Waals surface area contributed by atoms with Crippen LogP contribution in [0.25, 0.3) is 0 Å². The van der Waals surface area contributed by atoms with E-state index in [4.69, 9.17) is 4.74 Å². The van der Waals surface area contributed by atoms with Gasteiger partial charge in [0.15, 0.2) is 0 Å². The molecule has 0 aromatic heterocycles. The second-order valence-corrected chi connectivity index (χ2v) is 9.51. The number of halogens is 1. The summed E-state index contributed by atoms with van der Waals surface area (Å²) < 4.78 is 6.35. The number of nitrogens with one attached hydrogen (secondary N) is 2. The first kappa shape index (κ1) is 26.1. The quantitative estimate of drug-likeness (QED) is 0.187. The third-order valence-electron chi connectivity index (χ3n) is 5.30. The van der Waals surface area contributed by atoms with Gasteiger partial charge in [0.1, 0.15) is 12.6 Å². The van der Waals surface area contributed by atoms with Crippen LogP contribution in [-0.2, 0) is 22.6 Å². The molecule has 9 heteroatoms. The second kappa shape index (κ2) is 12.3. The highest BCUT2D eigenvalue weighted by atomic mass is 127. The third-order valence-corrected chi connectivity index (χ3v) is 5.97. The SMILES string of the molecule is CC(C)c1cc(I)ccc1NC(=O)[C@H](Cc1ccc([N+](=O)[O-])cc1)NC(=O)OCc1ccccc1. The number of hydrogen-bond acceptors (Lipinski definition) is 5. The Balaban J connectivity index is 1.77. The lowest BCUT2D eigenvalue weighted by Crippen LogP contribution is -2.45. The first-order chi connectivity index (χ1) is 16.7. The lowest BCUT2D eigenvalue weighted by molar-refractivity contribution is -0.384. The predicted molar refractivity (Wildman–Crippen MR) is 142 cm³/mol. The number of nitro groups is 1. The Morgan fingerprint density at radius 2 is 1.69 bits per heavy atom. The summed E-state index contributed by atoms with van der Waals surface area (Å²) in [5, 5.41) is 16.5. The maximum absolute atomic E-state index is 13.3. The minimum atomic E-state index is -0.959. The molecule has 3 aromatic carbocycles. The van der Waals surface area contributed by atoms with Gasteiger partial charge < -0.3 is 15.4 Å². The molecule has 0 heterocycles. The van der Waals surface area contributed by atoms with Crippen molar-refractivity contribution in [2.45, 2.75) is 38.8 Å². The first-order valence-electron chi connectivity index (χ1n) is 11.0. The van der Waals surface area contributed by atoms with Gasteiger partial charge in [0.05, 0.1) is 4.92 Å². The van der Waals surface area contributed by atoms with Crippen molar-refractivity contribution < 1.29 is 19.2 Å². The Morgan fingerprint density at radius 1 is 1.00 bits per heavy atom. The van der Waals surface area contributed by atoms with E-state index in [1.807, 2.05) is 62.4 Å². The van der Waals surface area contributed by atoms with Gasteiger partial charge >= 0.3 is 6.09 Å². The largest absolute Gasteiger partial charge is 0.445 e. The lowest BCUT2D eigenvalue weighted by Gasteiger charge is -2.21. The van der Waals surface area contributed by atoms with Gasteiger partial charge in [-0.2, -0.15) is 0 Å². The molecule has 2 N–H and O–H groups in total. The minimum absolute atomic E-state index is 0.0505. The molecule has 3 aromatic rings. The Kier molecular flexibility index (Phi) is 9.18. The van der Waals surface area contributed by atoms with Crippen LogP contribution in [0.3, 0.4) is 0 Å². The molecule has 0 radical (unpaired) electrons. The number of non-ortho nitro benzene ring substituents is 1. The molecule has 182 valence electrons. The van der Waals surface area contributed by atoms with E-state index in [1.54, 1.807) is 12.1 Å². The highest BCUT2D eigenvalue weighted by molar-refractivity contribution is 14.1. The second-order valence-electron chi connectivity index (χ2n) is 8.26. The van der Waals surface area contributed by atoms with Crippen LogP contribution in [0.5, 0.6) is 0 Å². The van der Waals surface area contributed by atoms with Gasteiger partial charge in [-0.3, -0.25) is 14.9 Å². The van der Waals surface area contributed by atoms with Crippen molar-refractivity contribution in [3.63, 3.8) is 0 Å². The molecule has 8 nitrogen and oxygen atoms in total. The van der Waals surface area contributed by atoms with Crippen LogP contribution in [-0.4, -0.2) is 23.0 Å². The monoisotopic (exact) mass is 587 g/mol. The molecule has 0 aliphatic heterocycles. The normalized spacial score (nSPS) is 11.5. The molecule has 0 unspecified atom stereocenters. The van der Waals surface area contributed by atoms with Crippen molar-refractivity contribution in [1.29, 1.82) is 0 Å². The molecule has 1 atom stereocenters. The average molecular weight is 587 g/mol. The van der Waals surface area contributed by atoms with Crippen LogP contribution in [0.15, 0.2) is 72.8 Å². The van der Waals surface area contributed by atoms with Crippen LogP contribution in [0.1, 0.15) is 36.5 Å². The highest BCUT2D eigenvalue weighted by Crippen LogP contribution is 2.26. The van der Waals surface area contributed by atoms with Crippen molar-refractivity contribution in [3.05, 3.63) is 103 Å². The van der Waals surface area contributed by atoms with E-state index in [0.29, 0.717) is 11.3 Å². The Labute approximate surface area is 217 Å². The van der Waals surface area contributed by atoms with Crippen LogP contribution in [0.2, 0.25) is 0 Å². The Bertz CT molecular complexity index is 1180. The number of carbonyl (C=O) groups is 2. The molecular formula is C26H26IN3O5. The Morgan fingerprint density at radius 3 is 2.31 bits per heavy atom. The zero-order valence-corrected chi connectivity index (χ0v) is 21.5. The smallest absolute Gasteiger partial charge is 0.408 e. The molecule has 35 heavy (non-hydrogen) atoms. The zero-order chi connectivity index (χ0) is 25.4. The number of ether oxygens (including phenoxy) is 1. The van der Waals surface area contributed by atoms with E-state index >= 15 is 0 Å². The predicted octanol–water partition coefficient (Wildman–Crippen LogP) is 5.80. The standard InChI is InChI=1S/C26H26IN3O5/c1-17(2)22-15-20(27)10-13-23(22)28-25(31)24(14-18-8-11-21(12-9-18)30(33)34)29-26(32)35-16-19-6-4-3-5-7-19/h3-13,15,17,24H,14,16H2,1-2H3,(H,28,31)(H,29,32)/t24-/m0/s1. The number of benzene rings is 3. The van der Waals surface area contributed by atoms with Gasteiger partial charge in [0, 0.05) is 27.8 Å². The summed E-state index contributed by atoms with van der Waals surface area (Å²) in [6.45, 7) is 4.14. The topological polar surface area (TPSA) is 111 Å². The maximum Gasteiger partial charge on any atom is 0.408 e. The van der Waals surface area contributed by atoms with Crippen molar-refractivity contribution >= 4 is 46.0 Å². The molecule has 3 rings (SSSR count). The molecule has 0 bridgehead atoms. The molecule has 0 fully saturated rings. The summed E-state index contributed by atoms with van der Waals surface area (Å²) in [5.41, 5.74) is 3.07. The number of carbonyl (C=O) groups excluding carboxylic acids is 2. The van der Waals surface area contributed by atoms with Gasteiger partial charge in [-0.05, 0) is 63.4 Å². The fourth-order valence-electron chi connectivity index (χ4n) is 3.45. The van der Waals surface area contributed by atoms with Crippen molar-refractivity contribution in [2.24, 2.45) is 0 Å². The molecule has 0 aliphatic carbocycles. The maximum atomic E-state index is 13.3. The molecule has 2 amide bonds. The highest BCUT2D eigenvalue weighted by Gasteiger charge is 2.24. The molecule has 0 spiro atoms. The Hall–Kier alpha value is -3.47. The summed E-state index contributed by atoms with van der Waals surface area (Å²) in [5.74, 6) is -0.236. The van der Waals surface area contributed by atoms with Crippen LogP contribution in [0, 0.1) is 13.7 Å². The van der Waals surface area contributed by atoms with E-state index in [9.17, 15) is 19.7 Å². The molecule has 0 saturated carbocycles. The number of amides is 2. The van der Waals surface area contributed by atoms with E-state index in [0.717, 1.165) is 14.7 Å². The fraction of sp³-hybridized carbons (Fsp3) is 0.231. The fourth-order valence-corrected chi connectivity index (χ4v) is 3.97. The number of hydrogen-bond donors (Lipinski definition) is 2. The number of nitro benzene ring substituents is 1. The summed E-state index contributed by atoms with van der Waals surface area (Å²) in [6, 6.07) is 19.9. The summed E-state index contributed by atoms with van der Waals surface area (Å²) in [6.07, 6.45) is -0.603. The summed E-state index contributed by atoms with van der Waals surface area (Å²) in [4.78, 5) is 36.3. The van der Waals surface area contributed by atoms with E-state index < -0.39 is 23.0 Å². The average Bonchev–Trinajstić information content (AvgIpc) is 2.84. The van der Waals surface area contributed by atoms with Gasteiger partial charge in [-0.25, -0.2) is 4.79 Å². The molecular weight excluding hydrogens is 561 g/mol. The van der Waals surface area contributed by atoms with Crippen LogP contribution >= 0.6 is 22.6 Å². The summed E-state index contributed by atoms with van der Waals surface area (Å²) >= 11 is 2.22. The molecule has 0 saturated heterocycles. The van der Waals surface area contributed by atoms with E-state index in [-0.39, 0.29) is 24.6 Å². The van der Waals surface area contributed by atoms with Crippen LogP contribution in [0.4, 0.5) is 16.2 Å². The number of rotatable bonds is 9. The molecule has 0 aliphatic rings. The lowest BCUT2D eigenvalue weighted by atomic mass is 10.0. The summed E-state index contributed by atoms with van der Waals surface area (Å²) in [7, 11) is 0. The van der Waals surface area contributed by atoms with Gasteiger partial charge in [-0.1, -0.05) is 56.3 Å². The number of alkyl carbamates (subject to hydrolysis) is 1. The zero-order valence-electron chi connectivity index (χ0n) is 19.4. The van der Waals surface area contributed by atoms with Crippen molar-refractivity contribution in [1.82, 2.24) is 5.32 Å². The van der Waals surface area contributed by atoms with Gasteiger partial charge in [0.25, 0.3) is 5.69 Å². The van der Waals surface area contributed by atoms with Crippen LogP contribution < -0.4 is 10.6 Å².